The van der Waals surface area contributed by atoms with Crippen LogP contribution in [-0.2, 0) is 0 Å². The van der Waals surface area contributed by atoms with Gasteiger partial charge in [0, 0.05) is 0 Å². The topological polar surface area (TPSA) is 0 Å². The van der Waals surface area contributed by atoms with Crippen molar-refractivity contribution in [2.45, 2.75) is 0 Å². The van der Waals surface area contributed by atoms with Gasteiger partial charge in [0.25, 0.3) is 0 Å². The molecule has 0 spiro atoms. The summed E-state index contributed by atoms with van der Waals surface area (Å²) in [5, 5.41) is 87.3. The quantitative estimate of drug-likeness (QED) is 0.134. The molecule has 0 nitrogen and oxygen atoms in total. The highest BCUT2D eigenvalue weighted by molar-refractivity contribution is 6.82. The third kappa shape index (κ3) is 1.60. The molecule has 0 fully saturated rings. The van der Waals surface area contributed by atoms with E-state index in [0.29, 0.717) is 0 Å². The smallest absolute Gasteiger partial charge is 0.0000000000000000533 e. The highest BCUT2D eigenvalue weighted by Crippen LogP contribution is 2.77. The van der Waals surface area contributed by atoms with Crippen molar-refractivity contribution in [3.63, 3.8) is 0 Å². The fourth-order valence-electron chi connectivity index (χ4n) is 21.5. The van der Waals surface area contributed by atoms with E-state index in [0.717, 1.165) is 0 Å². The van der Waals surface area contributed by atoms with Crippen molar-refractivity contribution in [2.75, 3.05) is 0 Å². The first-order valence-corrected chi connectivity index (χ1v) is 24.9. The summed E-state index contributed by atoms with van der Waals surface area (Å²) in [6, 6.07) is 30.5. The molecule has 0 bridgehead atoms. The third-order valence-electron chi connectivity index (χ3n) is 22.2. The van der Waals surface area contributed by atoms with E-state index in [4.69, 9.17) is 0 Å². The van der Waals surface area contributed by atoms with Crippen LogP contribution in [0.2, 0.25) is 0 Å². The fraction of sp³-hybridized carbons (Fsp3) is 0. The molecule has 283 valence electrons. The molecule has 0 N–H and O–H groups in total. The number of rotatable bonds is 0. The highest BCUT2D eigenvalue weighted by atomic mass is 14.5. The Kier molecular flexibility index (Phi) is 2.51. The molecule has 0 heteroatoms. The van der Waals surface area contributed by atoms with Crippen LogP contribution >= 0.6 is 0 Å². The predicted molar refractivity (Wildman–Crippen MR) is 295 cm³/mol. The number of hydrogen-bond donors (Lipinski definition) is 0. The Labute approximate surface area is 372 Å². The van der Waals surface area contributed by atoms with E-state index < -0.39 is 0 Å². The molecule has 0 aliphatic heterocycles. The lowest BCUT2D eigenvalue weighted by Crippen LogP contribution is -1.87. The van der Waals surface area contributed by atoms with Gasteiger partial charge in [0.1, 0.15) is 0 Å². The maximum absolute atomic E-state index is 4.58. The van der Waals surface area contributed by atoms with Gasteiger partial charge in [-0.15, -0.1) is 0 Å². The van der Waals surface area contributed by atoms with Crippen LogP contribution in [0.3, 0.4) is 0 Å². The molecule has 0 unspecified atom stereocenters. The average Bonchev–Trinajstić information content (AvgIpc) is 4.26. The van der Waals surface area contributed by atoms with Crippen molar-refractivity contribution in [1.29, 1.82) is 0 Å². The van der Waals surface area contributed by atoms with Crippen LogP contribution in [-0.4, -0.2) is 0 Å². The Balaban J connectivity index is 1.28. The summed E-state index contributed by atoms with van der Waals surface area (Å²) in [7, 11) is 0. The second kappa shape index (κ2) is 6.49. The minimum Gasteiger partial charge on any atom is -0.0623 e. The van der Waals surface area contributed by atoms with E-state index in [-0.39, 0.29) is 0 Å². The largest absolute Gasteiger partial charge is 0.0623 e. The number of fused-ring (bicyclic) bond motifs is 5. The molecule has 1 radical (unpaired) electrons. The summed E-state index contributed by atoms with van der Waals surface area (Å²) in [5.41, 5.74) is 0. The first kappa shape index (κ1) is 26.3. The van der Waals surface area contributed by atoms with Crippen molar-refractivity contribution in [3.05, 3.63) is 72.8 Å². The van der Waals surface area contributed by atoms with Crippen molar-refractivity contribution >= 4 is 302 Å². The van der Waals surface area contributed by atoms with Gasteiger partial charge in [-0.1, -0.05) is 60.7 Å². The van der Waals surface area contributed by atoms with Gasteiger partial charge in [0.05, 0.1) is 0 Å². The summed E-state index contributed by atoms with van der Waals surface area (Å²) < 4.78 is 0. The van der Waals surface area contributed by atoms with E-state index >= 15 is 0 Å². The van der Waals surface area contributed by atoms with E-state index in [1.165, 1.54) is 75.4 Å². The van der Waals surface area contributed by atoms with Gasteiger partial charge in [-0.05, 0) is 314 Å². The Hall–Kier alpha value is -8.84. The van der Waals surface area contributed by atoms with Crippen LogP contribution in [0, 0.1) is 6.07 Å². The lowest BCUT2D eigenvalue weighted by Gasteiger charge is -2.16. The number of hydrogen-bond acceptors (Lipinski definition) is 0. The first-order chi connectivity index (χ1) is 33.9. The van der Waals surface area contributed by atoms with Crippen molar-refractivity contribution < 1.29 is 0 Å². The third-order valence-corrected chi connectivity index (χ3v) is 22.2. The zero-order valence-electron chi connectivity index (χ0n) is 34.9. The van der Waals surface area contributed by atoms with E-state index in [1.807, 2.05) is 0 Å². The minimum absolute atomic E-state index is 1.37. The summed E-state index contributed by atoms with van der Waals surface area (Å²) in [5.74, 6) is 0. The second-order valence-corrected chi connectivity index (χ2v) is 23.3. The van der Waals surface area contributed by atoms with Gasteiger partial charge in [0.15, 0.2) is 0 Å². The molecule has 0 atom stereocenters. The molecule has 0 aliphatic carbocycles. The van der Waals surface area contributed by atoms with Crippen molar-refractivity contribution in [2.24, 2.45) is 0 Å². The normalized spacial score (nSPS) is 16.2. The molecule has 0 saturated heterocycles. The van der Waals surface area contributed by atoms with Gasteiger partial charge < -0.3 is 0 Å². The SMILES string of the molecule is [c]1c2c3cc4c5c6ccccccccccc7c8c1c1c9c2c2c3c3c4c4c%10c5c5c%11c6c7c6c7c8c8c1c1c9c9c2c2c3c4c3c4c%10c5c5c(c6%11)c6c7c8c7c1c1c9c2c3c2c4c5c6c7c12. The molecule has 29 aromatic carbocycles. The Morgan fingerprint density at radius 2 is 0.368 bits per heavy atom. The summed E-state index contributed by atoms with van der Waals surface area (Å²) in [6.07, 6.45) is 0. The molecular weight excluding hydrogens is 817 g/mol. The van der Waals surface area contributed by atoms with Crippen LogP contribution in [0.5, 0.6) is 0 Å². The first-order valence-electron chi connectivity index (χ1n) is 24.9. The monoisotopic (exact) mass is 827 g/mol. The maximum atomic E-state index is 4.58. The van der Waals surface area contributed by atoms with Gasteiger partial charge in [0.2, 0.25) is 0 Å². The van der Waals surface area contributed by atoms with Crippen LogP contribution in [0.4, 0.5) is 0 Å². The molecule has 29 rings (SSSR count). The maximum Gasteiger partial charge on any atom is -0.0000000000000000533 e. The predicted octanol–water partition coefficient (Wildman–Crippen LogP) is 19.7. The van der Waals surface area contributed by atoms with Crippen LogP contribution in [0.1, 0.15) is 0 Å². The minimum atomic E-state index is 1.37. The van der Waals surface area contributed by atoms with Crippen molar-refractivity contribution in [1.82, 2.24) is 0 Å². The zero-order chi connectivity index (χ0) is 40.8. The Morgan fingerprint density at radius 3 is 0.765 bits per heavy atom. The molecular formula is C68H11. The molecule has 29 aromatic rings. The summed E-state index contributed by atoms with van der Waals surface area (Å²) in [6.45, 7) is 0. The van der Waals surface area contributed by atoms with Crippen LogP contribution in [0.15, 0.2) is 66.7 Å². The average molecular weight is 828 g/mol. The standard InChI is InChI=1S/C68H11/c1-2-4-6-8-10-14-20-18-12-16-15-11-17-19-13(9-7-5-3-1)21-22(14)33-37-28(20)39-35-26(18)31-24(16)29-23(15)30-25(17)34-38-27(19)36-32(21)43(33)52-55-46(36)48(38)57-53-44(34)41(30)50-40(29)51-42(31)45(35)54-58-49(39)47(37)56(52)64-63(55)65(57)67-61(53)59(50)60(51)62(54)68(67)66(58)64/h1-11H. The lowest BCUT2D eigenvalue weighted by atomic mass is 9.86. The van der Waals surface area contributed by atoms with E-state index in [2.05, 4.69) is 72.8 Å². The van der Waals surface area contributed by atoms with Gasteiger partial charge in [-0.2, -0.15) is 0 Å². The highest BCUT2D eigenvalue weighted by Gasteiger charge is 2.48. The van der Waals surface area contributed by atoms with E-state index in [9.17, 15) is 0 Å². The molecule has 0 amide bonds. The molecule has 0 aromatic heterocycles. The summed E-state index contributed by atoms with van der Waals surface area (Å²) in [4.78, 5) is 0. The van der Waals surface area contributed by atoms with Crippen molar-refractivity contribution in [3.8, 4) is 0 Å². The Morgan fingerprint density at radius 1 is 0.147 bits per heavy atom. The van der Waals surface area contributed by atoms with Gasteiger partial charge in [-0.3, -0.25) is 0 Å². The summed E-state index contributed by atoms with van der Waals surface area (Å²) >= 11 is 0. The molecule has 0 saturated carbocycles. The molecule has 68 heavy (non-hydrogen) atoms. The van der Waals surface area contributed by atoms with Crippen LogP contribution < -0.4 is 0 Å². The van der Waals surface area contributed by atoms with Crippen LogP contribution in [0.25, 0.3) is 302 Å². The van der Waals surface area contributed by atoms with Gasteiger partial charge >= 0.3 is 0 Å². The molecule has 0 aliphatic rings. The van der Waals surface area contributed by atoms with Gasteiger partial charge in [-0.25, -0.2) is 0 Å². The lowest BCUT2D eigenvalue weighted by molar-refractivity contribution is 1.77. The Bertz CT molecular complexity index is 6860. The molecule has 0 heterocycles. The fourth-order valence-corrected chi connectivity index (χ4v) is 21.5. The number of benzene rings is 18. The second-order valence-electron chi connectivity index (χ2n) is 23.3. The zero-order valence-corrected chi connectivity index (χ0v) is 34.9. The van der Waals surface area contributed by atoms with E-state index in [1.54, 1.807) is 226 Å².